The lowest BCUT2D eigenvalue weighted by Gasteiger charge is -2.23. The molecule has 0 bridgehead atoms. The summed E-state index contributed by atoms with van der Waals surface area (Å²) in [6, 6.07) is -0.232. The fraction of sp³-hybridized carbons (Fsp3) is 0.786. The molecule has 1 aliphatic rings. The number of hydrogen-bond donors (Lipinski definition) is 2. The van der Waals surface area contributed by atoms with E-state index >= 15 is 0 Å². The second-order valence-electron chi connectivity index (χ2n) is 6.43. The second-order valence-corrected chi connectivity index (χ2v) is 6.43. The number of ether oxygens (including phenoxy) is 1. The highest BCUT2D eigenvalue weighted by atomic mass is 16.5. The quantitative estimate of drug-likeness (QED) is 0.859. The van der Waals surface area contributed by atoms with Gasteiger partial charge in [-0.25, -0.2) is 0 Å². The minimum atomic E-state index is -0.300. The van der Waals surface area contributed by atoms with Gasteiger partial charge in [0.1, 0.15) is 6.04 Å². The first kappa shape index (κ1) is 15.9. The Balaban J connectivity index is 1.86. The zero-order valence-electron chi connectivity index (χ0n) is 13.1. The summed E-state index contributed by atoms with van der Waals surface area (Å²) in [5, 5.41) is 10.1. The van der Waals surface area contributed by atoms with Crippen LogP contribution >= 0.6 is 0 Å². The van der Waals surface area contributed by atoms with Crippen LogP contribution in [0.4, 0.5) is 0 Å². The maximum Gasteiger partial charge on any atom is 0.248 e. The fourth-order valence-corrected chi connectivity index (χ4v) is 2.05. The summed E-state index contributed by atoms with van der Waals surface area (Å²) in [5.41, 5.74) is -0.172. The Hall–Kier alpha value is -1.47. The second kappa shape index (κ2) is 6.53. The average molecular weight is 296 g/mol. The molecule has 1 aromatic rings. The molecule has 1 aliphatic heterocycles. The molecule has 2 heterocycles. The Bertz CT molecular complexity index is 475. The van der Waals surface area contributed by atoms with E-state index in [1.807, 2.05) is 27.7 Å². The maximum absolute atomic E-state index is 12.0. The monoisotopic (exact) mass is 296 g/mol. The van der Waals surface area contributed by atoms with Crippen LogP contribution < -0.4 is 10.6 Å². The third kappa shape index (κ3) is 4.50. The molecule has 7 heteroatoms. The van der Waals surface area contributed by atoms with Gasteiger partial charge in [0.25, 0.3) is 0 Å². The van der Waals surface area contributed by atoms with E-state index in [9.17, 15) is 4.79 Å². The predicted octanol–water partition coefficient (Wildman–Crippen LogP) is 0.923. The number of morpholine rings is 1. The minimum absolute atomic E-state index is 0.0546. The largest absolute Gasteiger partial charge is 0.378 e. The SMILES string of the molecule is CC(NC(=O)CC1COCCN1)c1nc(C(C)(C)C)no1. The maximum atomic E-state index is 12.0. The van der Waals surface area contributed by atoms with Gasteiger partial charge in [0.05, 0.1) is 13.2 Å². The van der Waals surface area contributed by atoms with E-state index in [0.29, 0.717) is 31.3 Å². The highest BCUT2D eigenvalue weighted by Crippen LogP contribution is 2.20. The van der Waals surface area contributed by atoms with Gasteiger partial charge in [0.2, 0.25) is 11.8 Å². The highest BCUT2D eigenvalue weighted by molar-refractivity contribution is 5.76. The summed E-state index contributed by atoms with van der Waals surface area (Å²) >= 11 is 0. The van der Waals surface area contributed by atoms with Crippen LogP contribution in [-0.4, -0.2) is 41.8 Å². The van der Waals surface area contributed by atoms with Gasteiger partial charge >= 0.3 is 0 Å². The molecule has 7 nitrogen and oxygen atoms in total. The molecule has 0 aromatic carbocycles. The van der Waals surface area contributed by atoms with Crippen LogP contribution in [0.3, 0.4) is 0 Å². The van der Waals surface area contributed by atoms with Crippen molar-refractivity contribution in [2.45, 2.75) is 51.6 Å². The van der Waals surface area contributed by atoms with Crippen LogP contribution in [-0.2, 0) is 14.9 Å². The molecule has 2 N–H and O–H groups in total. The molecule has 0 spiro atoms. The van der Waals surface area contributed by atoms with Crippen LogP contribution in [0, 0.1) is 0 Å². The standard InChI is InChI=1S/C14H24N4O3/c1-9(12-17-13(18-21-12)14(2,3)4)16-11(19)7-10-8-20-6-5-15-10/h9-10,15H,5-8H2,1-4H3,(H,16,19). The molecule has 1 aromatic heterocycles. The topological polar surface area (TPSA) is 89.3 Å². The average Bonchev–Trinajstić information content (AvgIpc) is 2.89. The lowest BCUT2D eigenvalue weighted by molar-refractivity contribution is -0.123. The van der Waals surface area contributed by atoms with E-state index in [2.05, 4.69) is 20.8 Å². The molecule has 1 fully saturated rings. The summed E-state index contributed by atoms with van der Waals surface area (Å²) in [6.07, 6.45) is 0.380. The van der Waals surface area contributed by atoms with Crippen LogP contribution in [0.5, 0.6) is 0 Å². The van der Waals surface area contributed by atoms with Crippen LogP contribution in [0.2, 0.25) is 0 Å². The molecule has 2 rings (SSSR count). The lowest BCUT2D eigenvalue weighted by Crippen LogP contribution is -2.44. The van der Waals surface area contributed by atoms with Crippen molar-refractivity contribution in [3.63, 3.8) is 0 Å². The number of hydrogen-bond acceptors (Lipinski definition) is 6. The summed E-state index contributed by atoms with van der Waals surface area (Å²) in [6.45, 7) is 9.93. The molecular weight excluding hydrogens is 272 g/mol. The number of aromatic nitrogens is 2. The molecule has 118 valence electrons. The van der Waals surface area contributed by atoms with Gasteiger partial charge in [-0.05, 0) is 6.92 Å². The minimum Gasteiger partial charge on any atom is -0.378 e. The predicted molar refractivity (Wildman–Crippen MR) is 76.8 cm³/mol. The summed E-state index contributed by atoms with van der Waals surface area (Å²) in [7, 11) is 0. The zero-order valence-corrected chi connectivity index (χ0v) is 13.1. The third-order valence-electron chi connectivity index (χ3n) is 3.29. The van der Waals surface area contributed by atoms with E-state index in [-0.39, 0.29) is 23.4 Å². The van der Waals surface area contributed by atoms with Crippen molar-refractivity contribution in [3.05, 3.63) is 11.7 Å². The number of amides is 1. The molecule has 0 radical (unpaired) electrons. The van der Waals surface area contributed by atoms with Crippen molar-refractivity contribution in [3.8, 4) is 0 Å². The first-order valence-electron chi connectivity index (χ1n) is 7.31. The van der Waals surface area contributed by atoms with Gasteiger partial charge < -0.3 is 19.9 Å². The van der Waals surface area contributed by atoms with Gasteiger partial charge in [-0.3, -0.25) is 4.79 Å². The van der Waals surface area contributed by atoms with Crippen molar-refractivity contribution in [2.24, 2.45) is 0 Å². The van der Waals surface area contributed by atoms with Crippen molar-refractivity contribution >= 4 is 5.91 Å². The molecule has 0 aliphatic carbocycles. The molecule has 0 saturated carbocycles. The Labute approximate surface area is 124 Å². The van der Waals surface area contributed by atoms with E-state index in [4.69, 9.17) is 9.26 Å². The highest BCUT2D eigenvalue weighted by Gasteiger charge is 2.24. The number of nitrogens with one attached hydrogen (secondary N) is 2. The van der Waals surface area contributed by atoms with Crippen LogP contribution in [0.25, 0.3) is 0 Å². The summed E-state index contributed by atoms with van der Waals surface area (Å²) in [4.78, 5) is 16.4. The number of carbonyl (C=O) groups excluding carboxylic acids is 1. The number of rotatable bonds is 4. The summed E-state index contributed by atoms with van der Waals surface area (Å²) in [5.74, 6) is 1.02. The first-order chi connectivity index (χ1) is 9.86. The van der Waals surface area contributed by atoms with Crippen LogP contribution in [0.15, 0.2) is 4.52 Å². The molecule has 1 saturated heterocycles. The number of nitrogens with zero attached hydrogens (tertiary/aromatic N) is 2. The molecule has 21 heavy (non-hydrogen) atoms. The normalized spacial score (nSPS) is 21.0. The van der Waals surface area contributed by atoms with E-state index in [1.54, 1.807) is 0 Å². The van der Waals surface area contributed by atoms with Crippen molar-refractivity contribution < 1.29 is 14.1 Å². The van der Waals surface area contributed by atoms with Gasteiger partial charge in [-0.2, -0.15) is 4.98 Å². The van der Waals surface area contributed by atoms with Crippen molar-refractivity contribution in [1.82, 2.24) is 20.8 Å². The Kier molecular flexibility index (Phi) is 4.95. The molecule has 2 atom stereocenters. The van der Waals surface area contributed by atoms with Crippen LogP contribution in [0.1, 0.15) is 51.9 Å². The lowest BCUT2D eigenvalue weighted by atomic mass is 9.96. The Morgan fingerprint density at radius 3 is 2.86 bits per heavy atom. The van der Waals surface area contributed by atoms with E-state index in [0.717, 1.165) is 6.54 Å². The van der Waals surface area contributed by atoms with E-state index < -0.39 is 0 Å². The Morgan fingerprint density at radius 2 is 2.29 bits per heavy atom. The van der Waals surface area contributed by atoms with Crippen molar-refractivity contribution in [1.29, 1.82) is 0 Å². The van der Waals surface area contributed by atoms with Gasteiger partial charge in [-0.1, -0.05) is 25.9 Å². The van der Waals surface area contributed by atoms with Crippen molar-refractivity contribution in [2.75, 3.05) is 19.8 Å². The molecule has 1 amide bonds. The first-order valence-corrected chi connectivity index (χ1v) is 7.31. The van der Waals surface area contributed by atoms with Gasteiger partial charge in [0.15, 0.2) is 5.82 Å². The summed E-state index contributed by atoms with van der Waals surface area (Å²) < 4.78 is 10.6. The zero-order chi connectivity index (χ0) is 15.5. The van der Waals surface area contributed by atoms with Gasteiger partial charge in [-0.15, -0.1) is 0 Å². The van der Waals surface area contributed by atoms with E-state index in [1.165, 1.54) is 0 Å². The Morgan fingerprint density at radius 1 is 1.52 bits per heavy atom. The molecular formula is C14H24N4O3. The van der Waals surface area contributed by atoms with Gasteiger partial charge in [0, 0.05) is 24.4 Å². The fourth-order valence-electron chi connectivity index (χ4n) is 2.05. The smallest absolute Gasteiger partial charge is 0.248 e. The molecule has 2 unspecified atom stereocenters. The number of carbonyl (C=O) groups is 1. The third-order valence-corrected chi connectivity index (χ3v) is 3.29.